The standard InChI is InChI=1S/C24H19ClN8O2S2/c25-14-6-7-18(29-11-14)30-19(35)12-36-24-32-31-23(37-24)33-16-4-1-5-17(34)21(16)20(15(9-26)22(33)27)13-3-2-8-28-10-13/h2-3,6-8,10-11,20H,1,4-5,12,27H2,(H,29,30,35). The Kier molecular flexibility index (Phi) is 7.18. The molecule has 0 saturated heterocycles. The lowest BCUT2D eigenvalue weighted by Crippen LogP contribution is -2.38. The molecule has 2 aliphatic rings. The third-order valence-corrected chi connectivity index (χ3v) is 8.11. The Labute approximate surface area is 225 Å². The van der Waals surface area contributed by atoms with Crippen molar-refractivity contribution in [3.8, 4) is 6.07 Å². The number of pyridine rings is 2. The Morgan fingerprint density at radius 2 is 2.16 bits per heavy atom. The van der Waals surface area contributed by atoms with E-state index in [4.69, 9.17) is 17.3 Å². The molecule has 10 nitrogen and oxygen atoms in total. The number of ketones is 1. The molecule has 3 aromatic rings. The average Bonchev–Trinajstić information content (AvgIpc) is 3.37. The zero-order chi connectivity index (χ0) is 25.9. The van der Waals surface area contributed by atoms with Crippen molar-refractivity contribution in [2.24, 2.45) is 5.73 Å². The van der Waals surface area contributed by atoms with Crippen LogP contribution in [0.15, 0.2) is 69.9 Å². The lowest BCUT2D eigenvalue weighted by atomic mass is 9.76. The second-order valence-electron chi connectivity index (χ2n) is 8.15. The predicted molar refractivity (Wildman–Crippen MR) is 141 cm³/mol. The molecule has 1 atom stereocenters. The second kappa shape index (κ2) is 10.7. The first-order valence-electron chi connectivity index (χ1n) is 11.2. The average molecular weight is 551 g/mol. The number of carbonyl (C=O) groups is 2. The highest BCUT2D eigenvalue weighted by Crippen LogP contribution is 2.46. The van der Waals surface area contributed by atoms with Crippen molar-refractivity contribution in [1.82, 2.24) is 20.2 Å². The van der Waals surface area contributed by atoms with Gasteiger partial charge < -0.3 is 11.1 Å². The first kappa shape index (κ1) is 24.9. The number of Topliss-reactive ketones (excluding diaryl/α,β-unsaturated/α-hetero) is 1. The van der Waals surface area contributed by atoms with Crippen molar-refractivity contribution in [3.63, 3.8) is 0 Å². The minimum absolute atomic E-state index is 0.0213. The molecule has 1 unspecified atom stereocenters. The van der Waals surface area contributed by atoms with Gasteiger partial charge >= 0.3 is 0 Å². The van der Waals surface area contributed by atoms with Gasteiger partial charge in [0, 0.05) is 36.3 Å². The molecule has 5 rings (SSSR count). The highest BCUT2D eigenvalue weighted by molar-refractivity contribution is 8.01. The summed E-state index contributed by atoms with van der Waals surface area (Å²) in [5.41, 5.74) is 8.81. The van der Waals surface area contributed by atoms with Gasteiger partial charge in [0.1, 0.15) is 11.6 Å². The quantitative estimate of drug-likeness (QED) is 0.430. The summed E-state index contributed by atoms with van der Waals surface area (Å²) < 4.78 is 0.541. The maximum absolute atomic E-state index is 13.1. The molecule has 3 aromatic heterocycles. The summed E-state index contributed by atoms with van der Waals surface area (Å²) in [4.78, 5) is 35.4. The van der Waals surface area contributed by atoms with Gasteiger partial charge in [-0.3, -0.25) is 19.5 Å². The number of aromatic nitrogens is 4. The lowest BCUT2D eigenvalue weighted by molar-refractivity contribution is -0.116. The molecule has 0 aromatic carbocycles. The van der Waals surface area contributed by atoms with E-state index in [1.807, 2.05) is 6.07 Å². The number of nitrogens with one attached hydrogen (secondary N) is 1. The van der Waals surface area contributed by atoms with Crippen LogP contribution in [0.4, 0.5) is 10.9 Å². The van der Waals surface area contributed by atoms with Crippen LogP contribution < -0.4 is 16.0 Å². The van der Waals surface area contributed by atoms with Crippen LogP contribution in [0.1, 0.15) is 30.7 Å². The number of carbonyl (C=O) groups excluding carboxylic acids is 2. The molecule has 37 heavy (non-hydrogen) atoms. The van der Waals surface area contributed by atoms with Gasteiger partial charge in [0.2, 0.25) is 11.0 Å². The SMILES string of the molecule is N#CC1=C(N)N(c2nnc(SCC(=O)Nc3ccc(Cl)cn3)s2)C2=C(C(=O)CCC2)C1c1cccnc1. The number of hydrogen-bond acceptors (Lipinski definition) is 11. The number of nitrogens with zero attached hydrogens (tertiary/aromatic N) is 6. The molecule has 4 heterocycles. The molecular formula is C24H19ClN8O2S2. The van der Waals surface area contributed by atoms with E-state index in [9.17, 15) is 14.9 Å². The van der Waals surface area contributed by atoms with Crippen LogP contribution in [0.25, 0.3) is 0 Å². The van der Waals surface area contributed by atoms with Crippen molar-refractivity contribution < 1.29 is 9.59 Å². The van der Waals surface area contributed by atoms with Gasteiger partial charge in [-0.25, -0.2) is 4.98 Å². The molecule has 3 N–H and O–H groups in total. The fourth-order valence-electron chi connectivity index (χ4n) is 4.29. The molecule has 1 aliphatic carbocycles. The molecule has 1 aliphatic heterocycles. The number of allylic oxidation sites excluding steroid dienone is 3. The molecule has 186 valence electrons. The summed E-state index contributed by atoms with van der Waals surface area (Å²) in [7, 11) is 0. The van der Waals surface area contributed by atoms with Gasteiger partial charge in [-0.15, -0.1) is 10.2 Å². The minimum atomic E-state index is -0.579. The number of anilines is 2. The minimum Gasteiger partial charge on any atom is -0.384 e. The summed E-state index contributed by atoms with van der Waals surface area (Å²) in [6.45, 7) is 0. The van der Waals surface area contributed by atoms with Crippen molar-refractivity contribution in [3.05, 3.63) is 76.1 Å². The van der Waals surface area contributed by atoms with Crippen LogP contribution in [0.3, 0.4) is 0 Å². The van der Waals surface area contributed by atoms with Gasteiger partial charge in [-0.2, -0.15) is 5.26 Å². The van der Waals surface area contributed by atoms with Crippen molar-refractivity contribution >= 4 is 57.3 Å². The van der Waals surface area contributed by atoms with Crippen molar-refractivity contribution in [2.75, 3.05) is 16.0 Å². The van der Waals surface area contributed by atoms with E-state index in [0.29, 0.717) is 45.1 Å². The second-order valence-corrected chi connectivity index (χ2v) is 10.8. The number of rotatable bonds is 6. The molecule has 0 saturated carbocycles. The zero-order valence-electron chi connectivity index (χ0n) is 19.2. The Balaban J connectivity index is 1.40. The number of nitriles is 1. The third kappa shape index (κ3) is 5.06. The zero-order valence-corrected chi connectivity index (χ0v) is 21.6. The topological polar surface area (TPSA) is 151 Å². The van der Waals surface area contributed by atoms with Crippen LogP contribution in [0.2, 0.25) is 5.02 Å². The molecule has 1 amide bonds. The van der Waals surface area contributed by atoms with Crippen molar-refractivity contribution in [1.29, 1.82) is 5.26 Å². The number of halogens is 1. The van der Waals surface area contributed by atoms with E-state index >= 15 is 0 Å². The summed E-state index contributed by atoms with van der Waals surface area (Å²) in [6, 6.07) is 9.08. The largest absolute Gasteiger partial charge is 0.384 e. The smallest absolute Gasteiger partial charge is 0.235 e. The Hall–Kier alpha value is -3.79. The number of nitrogens with two attached hydrogens (primary N) is 1. The number of thioether (sulfide) groups is 1. The Morgan fingerprint density at radius 1 is 1.30 bits per heavy atom. The molecule has 0 bridgehead atoms. The van der Waals surface area contributed by atoms with Crippen LogP contribution in [0, 0.1) is 11.3 Å². The molecule has 0 radical (unpaired) electrons. The van der Waals surface area contributed by atoms with Crippen LogP contribution >= 0.6 is 34.7 Å². The van der Waals surface area contributed by atoms with E-state index < -0.39 is 5.92 Å². The summed E-state index contributed by atoms with van der Waals surface area (Å²) in [5, 5.41) is 22.1. The summed E-state index contributed by atoms with van der Waals surface area (Å²) in [5.74, 6) is -0.167. The fraction of sp³-hybridized carbons (Fsp3) is 0.208. The van der Waals surface area contributed by atoms with Gasteiger partial charge in [0.05, 0.1) is 28.3 Å². The van der Waals surface area contributed by atoms with E-state index in [1.54, 1.807) is 35.5 Å². The van der Waals surface area contributed by atoms with E-state index in [0.717, 1.165) is 11.3 Å². The van der Waals surface area contributed by atoms with Gasteiger partial charge in [0.25, 0.3) is 0 Å². The molecular weight excluding hydrogens is 532 g/mol. The normalized spacial score (nSPS) is 17.5. The van der Waals surface area contributed by atoms with E-state index in [1.165, 1.54) is 29.3 Å². The lowest BCUT2D eigenvalue weighted by Gasteiger charge is -2.37. The number of hydrogen-bond donors (Lipinski definition) is 2. The Morgan fingerprint density at radius 3 is 2.89 bits per heavy atom. The third-order valence-electron chi connectivity index (χ3n) is 5.84. The highest BCUT2D eigenvalue weighted by Gasteiger charge is 2.41. The van der Waals surface area contributed by atoms with Crippen LogP contribution in [-0.4, -0.2) is 37.6 Å². The summed E-state index contributed by atoms with van der Waals surface area (Å²) >= 11 is 8.26. The molecule has 0 spiro atoms. The molecule has 13 heteroatoms. The first-order valence-corrected chi connectivity index (χ1v) is 13.4. The number of amides is 1. The van der Waals surface area contributed by atoms with Gasteiger partial charge in [-0.1, -0.05) is 40.8 Å². The monoisotopic (exact) mass is 550 g/mol. The van der Waals surface area contributed by atoms with E-state index in [2.05, 4.69) is 31.6 Å². The van der Waals surface area contributed by atoms with Crippen molar-refractivity contribution in [2.45, 2.75) is 29.5 Å². The Bertz CT molecular complexity index is 1460. The van der Waals surface area contributed by atoms with E-state index in [-0.39, 0.29) is 28.8 Å². The maximum atomic E-state index is 13.1. The van der Waals surface area contributed by atoms with Gasteiger partial charge in [-0.05, 0) is 36.6 Å². The predicted octanol–water partition coefficient (Wildman–Crippen LogP) is 4.02. The molecule has 0 fully saturated rings. The van der Waals surface area contributed by atoms with Gasteiger partial charge in [0.15, 0.2) is 10.1 Å². The summed E-state index contributed by atoms with van der Waals surface area (Å²) in [6.07, 6.45) is 6.42. The fourth-order valence-corrected chi connectivity index (χ4v) is 6.08. The van der Waals surface area contributed by atoms with Crippen LogP contribution in [0.5, 0.6) is 0 Å². The van der Waals surface area contributed by atoms with Crippen LogP contribution in [-0.2, 0) is 9.59 Å². The first-order chi connectivity index (χ1) is 18.0. The maximum Gasteiger partial charge on any atom is 0.235 e. The highest BCUT2D eigenvalue weighted by atomic mass is 35.5.